The zero-order valence-electron chi connectivity index (χ0n) is 11.2. The Morgan fingerprint density at radius 1 is 1.37 bits per heavy atom. The monoisotopic (exact) mass is 258 g/mol. The van der Waals surface area contributed by atoms with Crippen molar-refractivity contribution in [2.45, 2.75) is 25.9 Å². The molecule has 1 aromatic heterocycles. The summed E-state index contributed by atoms with van der Waals surface area (Å²) >= 11 is 0. The third-order valence-corrected chi connectivity index (χ3v) is 3.72. The first-order valence-electron chi connectivity index (χ1n) is 6.51. The Balaban J connectivity index is 2.02. The van der Waals surface area contributed by atoms with Crippen LogP contribution in [0, 0.1) is 5.92 Å². The maximum Gasteiger partial charge on any atom is 0.185 e. The van der Waals surface area contributed by atoms with Crippen LogP contribution >= 0.6 is 0 Å². The standard InChI is InChI=1S/C14H18N4O/c1-9-7-13-16-14(17-18(13)8-11(9)15)10-5-3-4-6-12(10)19-2/h3-6,9,11H,7-8,15H2,1-2H3. The van der Waals surface area contributed by atoms with Crippen molar-refractivity contribution in [1.29, 1.82) is 0 Å². The van der Waals surface area contributed by atoms with Crippen molar-refractivity contribution in [3.05, 3.63) is 30.1 Å². The van der Waals surface area contributed by atoms with Crippen LogP contribution < -0.4 is 10.5 Å². The normalized spacial score (nSPS) is 22.1. The molecule has 2 atom stereocenters. The zero-order chi connectivity index (χ0) is 13.4. The second-order valence-corrected chi connectivity index (χ2v) is 5.08. The van der Waals surface area contributed by atoms with Gasteiger partial charge in [0.05, 0.1) is 19.2 Å². The molecule has 1 aliphatic rings. The number of methoxy groups -OCH3 is 1. The van der Waals surface area contributed by atoms with Crippen LogP contribution in [0.25, 0.3) is 11.4 Å². The number of fused-ring (bicyclic) bond motifs is 1. The van der Waals surface area contributed by atoms with Crippen molar-refractivity contribution in [1.82, 2.24) is 14.8 Å². The van der Waals surface area contributed by atoms with Crippen molar-refractivity contribution in [2.24, 2.45) is 11.7 Å². The quantitative estimate of drug-likeness (QED) is 0.886. The molecular weight excluding hydrogens is 240 g/mol. The van der Waals surface area contributed by atoms with Gasteiger partial charge in [-0.2, -0.15) is 5.10 Å². The molecule has 100 valence electrons. The van der Waals surface area contributed by atoms with E-state index in [4.69, 9.17) is 10.5 Å². The second kappa shape index (κ2) is 4.66. The molecule has 2 heterocycles. The van der Waals surface area contributed by atoms with Crippen molar-refractivity contribution in [3.8, 4) is 17.1 Å². The largest absolute Gasteiger partial charge is 0.496 e. The smallest absolute Gasteiger partial charge is 0.185 e. The summed E-state index contributed by atoms with van der Waals surface area (Å²) in [5.74, 6) is 2.97. The first-order chi connectivity index (χ1) is 9.19. The maximum absolute atomic E-state index is 6.08. The highest BCUT2D eigenvalue weighted by atomic mass is 16.5. The highest BCUT2D eigenvalue weighted by Crippen LogP contribution is 2.28. The van der Waals surface area contributed by atoms with E-state index in [1.54, 1.807) is 7.11 Å². The maximum atomic E-state index is 6.08. The number of ether oxygens (including phenoxy) is 1. The lowest BCUT2D eigenvalue weighted by molar-refractivity contribution is 0.330. The fourth-order valence-electron chi connectivity index (χ4n) is 2.43. The highest BCUT2D eigenvalue weighted by molar-refractivity contribution is 5.63. The summed E-state index contributed by atoms with van der Waals surface area (Å²) in [4.78, 5) is 4.63. The SMILES string of the molecule is COc1ccccc1-c1nc2n(n1)CC(N)C(C)C2. The van der Waals surface area contributed by atoms with E-state index in [0.717, 1.165) is 30.1 Å². The van der Waals surface area contributed by atoms with E-state index < -0.39 is 0 Å². The van der Waals surface area contributed by atoms with Gasteiger partial charge in [0.2, 0.25) is 0 Å². The van der Waals surface area contributed by atoms with Crippen LogP contribution in [0.1, 0.15) is 12.7 Å². The first-order valence-corrected chi connectivity index (χ1v) is 6.51. The number of hydrogen-bond acceptors (Lipinski definition) is 4. The molecule has 5 heteroatoms. The van der Waals surface area contributed by atoms with Gasteiger partial charge in [0, 0.05) is 12.5 Å². The average molecular weight is 258 g/mol. The third kappa shape index (κ3) is 2.10. The van der Waals surface area contributed by atoms with E-state index in [1.165, 1.54) is 0 Å². The Bertz CT molecular complexity index is 565. The van der Waals surface area contributed by atoms with Crippen molar-refractivity contribution < 1.29 is 4.74 Å². The van der Waals surface area contributed by atoms with Gasteiger partial charge in [-0.05, 0) is 18.1 Å². The van der Waals surface area contributed by atoms with Gasteiger partial charge in [-0.1, -0.05) is 19.1 Å². The van der Waals surface area contributed by atoms with Gasteiger partial charge in [0.1, 0.15) is 11.6 Å². The fraction of sp³-hybridized carbons (Fsp3) is 0.429. The lowest BCUT2D eigenvalue weighted by Gasteiger charge is -2.25. The summed E-state index contributed by atoms with van der Waals surface area (Å²) < 4.78 is 7.28. The van der Waals surface area contributed by atoms with Crippen LogP contribution in [-0.4, -0.2) is 27.9 Å². The summed E-state index contributed by atoms with van der Waals surface area (Å²) in [6.07, 6.45) is 0.878. The van der Waals surface area contributed by atoms with Gasteiger partial charge in [0.25, 0.3) is 0 Å². The minimum atomic E-state index is 0.153. The van der Waals surface area contributed by atoms with Gasteiger partial charge < -0.3 is 10.5 Å². The van der Waals surface area contributed by atoms with Crippen LogP contribution in [0.3, 0.4) is 0 Å². The fourth-order valence-corrected chi connectivity index (χ4v) is 2.43. The minimum Gasteiger partial charge on any atom is -0.496 e. The molecule has 3 rings (SSSR count). The molecule has 0 bridgehead atoms. The number of nitrogens with zero attached hydrogens (tertiary/aromatic N) is 3. The van der Waals surface area contributed by atoms with Crippen LogP contribution in [0.5, 0.6) is 5.75 Å². The first kappa shape index (κ1) is 12.2. The molecule has 0 fully saturated rings. The van der Waals surface area contributed by atoms with Crippen molar-refractivity contribution >= 4 is 0 Å². The predicted octanol–water partition coefficient (Wildman–Crippen LogP) is 1.47. The number of nitrogens with two attached hydrogens (primary N) is 1. The molecule has 0 saturated heterocycles. The average Bonchev–Trinajstić information content (AvgIpc) is 2.82. The van der Waals surface area contributed by atoms with Gasteiger partial charge in [-0.3, -0.25) is 0 Å². The molecule has 0 aliphatic carbocycles. The molecule has 1 aromatic carbocycles. The predicted molar refractivity (Wildman–Crippen MR) is 72.9 cm³/mol. The van der Waals surface area contributed by atoms with Crippen molar-refractivity contribution in [3.63, 3.8) is 0 Å². The van der Waals surface area contributed by atoms with Crippen molar-refractivity contribution in [2.75, 3.05) is 7.11 Å². The molecule has 19 heavy (non-hydrogen) atoms. The molecule has 5 nitrogen and oxygen atoms in total. The Labute approximate surface area is 112 Å². The summed E-state index contributed by atoms with van der Waals surface area (Å²) in [5.41, 5.74) is 7.01. The summed E-state index contributed by atoms with van der Waals surface area (Å²) in [6.45, 7) is 2.89. The molecular formula is C14H18N4O. The van der Waals surface area contributed by atoms with Gasteiger partial charge in [-0.25, -0.2) is 9.67 Å². The van der Waals surface area contributed by atoms with E-state index in [9.17, 15) is 0 Å². The van der Waals surface area contributed by atoms with E-state index in [-0.39, 0.29) is 6.04 Å². The summed E-state index contributed by atoms with van der Waals surface area (Å²) in [6, 6.07) is 7.95. The number of hydrogen-bond donors (Lipinski definition) is 1. The van der Waals surface area contributed by atoms with Crippen LogP contribution in [-0.2, 0) is 13.0 Å². The number of benzene rings is 1. The summed E-state index contributed by atoms with van der Waals surface area (Å²) in [7, 11) is 1.66. The highest BCUT2D eigenvalue weighted by Gasteiger charge is 2.25. The van der Waals surface area contributed by atoms with Gasteiger partial charge in [-0.15, -0.1) is 0 Å². The Kier molecular flexibility index (Phi) is 2.98. The lowest BCUT2D eigenvalue weighted by Crippen LogP contribution is -2.39. The third-order valence-electron chi connectivity index (χ3n) is 3.72. The Morgan fingerprint density at radius 2 is 2.16 bits per heavy atom. The Morgan fingerprint density at radius 3 is 2.95 bits per heavy atom. The van der Waals surface area contributed by atoms with Crippen LogP contribution in [0.2, 0.25) is 0 Å². The molecule has 1 aliphatic heterocycles. The molecule has 0 saturated carbocycles. The van der Waals surface area contributed by atoms with E-state index >= 15 is 0 Å². The molecule has 2 unspecified atom stereocenters. The number of para-hydroxylation sites is 1. The van der Waals surface area contributed by atoms with Crippen LogP contribution in [0.15, 0.2) is 24.3 Å². The number of rotatable bonds is 2. The minimum absolute atomic E-state index is 0.153. The van der Waals surface area contributed by atoms with E-state index in [0.29, 0.717) is 11.7 Å². The van der Waals surface area contributed by atoms with E-state index in [2.05, 4.69) is 17.0 Å². The molecule has 2 N–H and O–H groups in total. The topological polar surface area (TPSA) is 66.0 Å². The molecule has 0 radical (unpaired) electrons. The Hall–Kier alpha value is -1.88. The van der Waals surface area contributed by atoms with Gasteiger partial charge >= 0.3 is 0 Å². The second-order valence-electron chi connectivity index (χ2n) is 5.08. The molecule has 0 amide bonds. The lowest BCUT2D eigenvalue weighted by atomic mass is 9.96. The summed E-state index contributed by atoms with van der Waals surface area (Å²) in [5, 5.41) is 4.56. The molecule has 2 aromatic rings. The van der Waals surface area contributed by atoms with Crippen LogP contribution in [0.4, 0.5) is 0 Å². The zero-order valence-corrected chi connectivity index (χ0v) is 11.2. The number of aromatic nitrogens is 3. The van der Waals surface area contributed by atoms with E-state index in [1.807, 2.05) is 28.9 Å². The molecule has 0 spiro atoms. The van der Waals surface area contributed by atoms with Gasteiger partial charge in [0.15, 0.2) is 5.82 Å².